The zero-order chi connectivity index (χ0) is 9.42. The molecule has 1 amide bonds. The van der Waals surface area contributed by atoms with Crippen LogP contribution in [0.25, 0.3) is 0 Å². The number of amides is 1. The molecule has 1 saturated carbocycles. The highest BCUT2D eigenvalue weighted by molar-refractivity contribution is 5.80. The minimum absolute atomic E-state index is 0.0225. The molecular weight excluding hydrogens is 164 g/mol. The molecule has 1 heterocycles. The summed E-state index contributed by atoms with van der Waals surface area (Å²) in [6, 6.07) is 3.97. The molecule has 0 aliphatic heterocycles. The standard InChI is InChI=1S/C10H12N2O/c1-6-2-3-12-9(4-6)7-5-8(7)10(11)13/h2-4,7-8H,5H2,1H3,(H2,11,13). The first kappa shape index (κ1) is 8.23. The van der Waals surface area contributed by atoms with Crippen LogP contribution in [0.1, 0.15) is 23.6 Å². The van der Waals surface area contributed by atoms with Crippen LogP contribution in [0.15, 0.2) is 18.3 Å². The van der Waals surface area contributed by atoms with Crippen LogP contribution in [-0.4, -0.2) is 10.9 Å². The van der Waals surface area contributed by atoms with Crippen molar-refractivity contribution in [3.8, 4) is 0 Å². The SMILES string of the molecule is Cc1ccnc(C2CC2C(N)=O)c1. The Hall–Kier alpha value is -1.38. The highest BCUT2D eigenvalue weighted by atomic mass is 16.1. The number of rotatable bonds is 2. The van der Waals surface area contributed by atoms with E-state index in [1.165, 1.54) is 5.56 Å². The molecule has 1 aliphatic carbocycles. The smallest absolute Gasteiger partial charge is 0.221 e. The van der Waals surface area contributed by atoms with Crippen molar-refractivity contribution < 1.29 is 4.79 Å². The van der Waals surface area contributed by atoms with Gasteiger partial charge in [-0.25, -0.2) is 0 Å². The number of nitrogens with two attached hydrogens (primary N) is 1. The second kappa shape index (κ2) is 2.83. The van der Waals surface area contributed by atoms with Gasteiger partial charge in [0.1, 0.15) is 0 Å². The normalized spacial score (nSPS) is 25.6. The highest BCUT2D eigenvalue weighted by Crippen LogP contribution is 2.46. The van der Waals surface area contributed by atoms with Crippen molar-refractivity contribution in [3.63, 3.8) is 0 Å². The molecule has 68 valence electrons. The summed E-state index contributed by atoms with van der Waals surface area (Å²) in [6.07, 6.45) is 2.65. The molecular formula is C10H12N2O. The summed E-state index contributed by atoms with van der Waals surface area (Å²) in [7, 11) is 0. The highest BCUT2D eigenvalue weighted by Gasteiger charge is 2.43. The van der Waals surface area contributed by atoms with Crippen LogP contribution >= 0.6 is 0 Å². The van der Waals surface area contributed by atoms with Gasteiger partial charge in [-0.15, -0.1) is 0 Å². The van der Waals surface area contributed by atoms with Gasteiger partial charge in [-0.2, -0.15) is 0 Å². The number of hydrogen-bond acceptors (Lipinski definition) is 2. The van der Waals surface area contributed by atoms with Crippen LogP contribution < -0.4 is 5.73 Å². The molecule has 1 aromatic heterocycles. The first-order valence-electron chi connectivity index (χ1n) is 4.40. The number of hydrogen-bond donors (Lipinski definition) is 1. The molecule has 0 radical (unpaired) electrons. The van der Waals surface area contributed by atoms with Gasteiger partial charge in [-0.3, -0.25) is 9.78 Å². The summed E-state index contributed by atoms with van der Waals surface area (Å²) in [4.78, 5) is 15.1. The number of aromatic nitrogens is 1. The number of aryl methyl sites for hydroxylation is 1. The van der Waals surface area contributed by atoms with Crippen LogP contribution in [0.3, 0.4) is 0 Å². The molecule has 1 fully saturated rings. The van der Waals surface area contributed by atoms with Crippen molar-refractivity contribution in [1.29, 1.82) is 0 Å². The maximum absolute atomic E-state index is 10.8. The van der Waals surface area contributed by atoms with E-state index in [0.29, 0.717) is 0 Å². The molecule has 13 heavy (non-hydrogen) atoms. The van der Waals surface area contributed by atoms with Crippen molar-refractivity contribution in [2.24, 2.45) is 11.7 Å². The molecule has 2 rings (SSSR count). The summed E-state index contributed by atoms with van der Waals surface area (Å²) < 4.78 is 0. The van der Waals surface area contributed by atoms with Crippen molar-refractivity contribution in [2.45, 2.75) is 19.3 Å². The topological polar surface area (TPSA) is 56.0 Å². The molecule has 2 atom stereocenters. The number of primary amides is 1. The summed E-state index contributed by atoms with van der Waals surface area (Å²) in [6.45, 7) is 2.02. The average molecular weight is 176 g/mol. The third-order valence-corrected chi connectivity index (χ3v) is 2.47. The number of carbonyl (C=O) groups is 1. The molecule has 2 unspecified atom stereocenters. The maximum atomic E-state index is 10.8. The van der Waals surface area contributed by atoms with Crippen LogP contribution in [0.5, 0.6) is 0 Å². The summed E-state index contributed by atoms with van der Waals surface area (Å²) in [5, 5.41) is 0. The summed E-state index contributed by atoms with van der Waals surface area (Å²) >= 11 is 0. The van der Waals surface area contributed by atoms with E-state index in [1.807, 2.05) is 19.1 Å². The zero-order valence-corrected chi connectivity index (χ0v) is 7.53. The lowest BCUT2D eigenvalue weighted by Crippen LogP contribution is -2.13. The molecule has 1 aromatic rings. The van der Waals surface area contributed by atoms with Gasteiger partial charge >= 0.3 is 0 Å². The molecule has 2 N–H and O–H groups in total. The minimum atomic E-state index is -0.201. The molecule has 1 aliphatic rings. The van der Waals surface area contributed by atoms with Crippen LogP contribution in [-0.2, 0) is 4.79 Å². The fraction of sp³-hybridized carbons (Fsp3) is 0.400. The Bertz CT molecular complexity index is 349. The average Bonchev–Trinajstić information content (AvgIpc) is 2.82. The second-order valence-corrected chi connectivity index (χ2v) is 3.61. The van der Waals surface area contributed by atoms with Crippen LogP contribution in [0.2, 0.25) is 0 Å². The van der Waals surface area contributed by atoms with Crippen molar-refractivity contribution >= 4 is 5.91 Å². The van der Waals surface area contributed by atoms with E-state index in [-0.39, 0.29) is 17.7 Å². The van der Waals surface area contributed by atoms with E-state index in [0.717, 1.165) is 12.1 Å². The lowest BCUT2D eigenvalue weighted by Gasteiger charge is -1.98. The van der Waals surface area contributed by atoms with Gasteiger partial charge in [0.05, 0.1) is 0 Å². The number of pyridine rings is 1. The van der Waals surface area contributed by atoms with E-state index >= 15 is 0 Å². The lowest BCUT2D eigenvalue weighted by atomic mass is 10.1. The van der Waals surface area contributed by atoms with Gasteiger partial charge in [0, 0.05) is 23.7 Å². The molecule has 0 spiro atoms. The second-order valence-electron chi connectivity index (χ2n) is 3.61. The van der Waals surface area contributed by atoms with Gasteiger partial charge in [-0.05, 0) is 31.0 Å². The van der Waals surface area contributed by atoms with E-state index in [1.54, 1.807) is 6.20 Å². The van der Waals surface area contributed by atoms with Crippen LogP contribution in [0.4, 0.5) is 0 Å². The maximum Gasteiger partial charge on any atom is 0.221 e. The van der Waals surface area contributed by atoms with Gasteiger partial charge < -0.3 is 5.73 Å². The molecule has 0 saturated heterocycles. The van der Waals surface area contributed by atoms with Crippen molar-refractivity contribution in [1.82, 2.24) is 4.98 Å². The third kappa shape index (κ3) is 1.54. The fourth-order valence-electron chi connectivity index (χ4n) is 1.60. The minimum Gasteiger partial charge on any atom is -0.369 e. The quantitative estimate of drug-likeness (QED) is 0.730. The Labute approximate surface area is 77.0 Å². The molecule has 3 heteroatoms. The van der Waals surface area contributed by atoms with Gasteiger partial charge in [0.25, 0.3) is 0 Å². The summed E-state index contributed by atoms with van der Waals surface area (Å²) in [5.41, 5.74) is 7.38. The Morgan fingerprint density at radius 1 is 1.69 bits per heavy atom. The van der Waals surface area contributed by atoms with Gasteiger partial charge in [0.15, 0.2) is 0 Å². The van der Waals surface area contributed by atoms with E-state index < -0.39 is 0 Å². The Morgan fingerprint density at radius 2 is 2.46 bits per heavy atom. The Balaban J connectivity index is 2.16. The number of carbonyl (C=O) groups excluding carboxylic acids is 1. The monoisotopic (exact) mass is 176 g/mol. The van der Waals surface area contributed by atoms with Gasteiger partial charge in [-0.1, -0.05) is 0 Å². The Morgan fingerprint density at radius 3 is 3.00 bits per heavy atom. The predicted octanol–water partition coefficient (Wildman–Crippen LogP) is 0.979. The Kier molecular flexibility index (Phi) is 1.79. The lowest BCUT2D eigenvalue weighted by molar-refractivity contribution is -0.119. The first-order valence-corrected chi connectivity index (χ1v) is 4.40. The fourth-order valence-corrected chi connectivity index (χ4v) is 1.60. The zero-order valence-electron chi connectivity index (χ0n) is 7.53. The molecule has 3 nitrogen and oxygen atoms in total. The first-order chi connectivity index (χ1) is 6.18. The molecule has 0 aromatic carbocycles. The molecule has 0 bridgehead atoms. The third-order valence-electron chi connectivity index (χ3n) is 2.47. The van der Waals surface area contributed by atoms with Crippen LogP contribution in [0, 0.1) is 12.8 Å². The van der Waals surface area contributed by atoms with Crippen molar-refractivity contribution in [3.05, 3.63) is 29.6 Å². The van der Waals surface area contributed by atoms with E-state index in [4.69, 9.17) is 5.73 Å². The largest absolute Gasteiger partial charge is 0.369 e. The van der Waals surface area contributed by atoms with Gasteiger partial charge in [0.2, 0.25) is 5.91 Å². The van der Waals surface area contributed by atoms with Crippen molar-refractivity contribution in [2.75, 3.05) is 0 Å². The van der Waals surface area contributed by atoms with E-state index in [9.17, 15) is 4.79 Å². The summed E-state index contributed by atoms with van der Waals surface area (Å²) in [5.74, 6) is 0.0972. The number of nitrogens with zero attached hydrogens (tertiary/aromatic N) is 1. The predicted molar refractivity (Wildman–Crippen MR) is 49.0 cm³/mol. The van der Waals surface area contributed by atoms with E-state index in [2.05, 4.69) is 4.98 Å².